The second-order valence-electron chi connectivity index (χ2n) is 8.77. The lowest BCUT2D eigenvalue weighted by atomic mass is 9.62. The van der Waals surface area contributed by atoms with Crippen molar-refractivity contribution in [1.82, 2.24) is 0 Å². The van der Waals surface area contributed by atoms with Crippen molar-refractivity contribution >= 4 is 12.4 Å². The highest BCUT2D eigenvalue weighted by Crippen LogP contribution is 2.47. The van der Waals surface area contributed by atoms with Crippen molar-refractivity contribution in [3.8, 4) is 11.5 Å². The van der Waals surface area contributed by atoms with Gasteiger partial charge >= 0.3 is 0 Å². The normalized spacial score (nSPS) is 30.4. The van der Waals surface area contributed by atoms with E-state index in [0.717, 1.165) is 42.6 Å². The van der Waals surface area contributed by atoms with Crippen LogP contribution in [-0.2, 0) is 4.79 Å². The highest BCUT2D eigenvalue weighted by Gasteiger charge is 2.40. The second kappa shape index (κ2) is 6.51. The quantitative estimate of drug-likeness (QED) is 0.757. The molecule has 0 spiro atoms. The van der Waals surface area contributed by atoms with Crippen LogP contribution in [0.5, 0.6) is 11.5 Å². The number of phenolic OH excluding ortho intramolecular Hbond substituents is 1. The number of hydrogen-bond donors (Lipinski definition) is 1. The third-order valence-corrected chi connectivity index (χ3v) is 6.22. The molecule has 0 aromatic heterocycles. The van der Waals surface area contributed by atoms with Crippen LogP contribution in [0.2, 0.25) is 0 Å². The molecule has 1 unspecified atom stereocenters. The Labute approximate surface area is 151 Å². The van der Waals surface area contributed by atoms with Gasteiger partial charge in [0.25, 0.3) is 0 Å². The molecule has 2 aliphatic rings. The summed E-state index contributed by atoms with van der Waals surface area (Å²) < 4.78 is 6.27. The third-order valence-electron chi connectivity index (χ3n) is 6.22. The molecule has 1 saturated carbocycles. The van der Waals surface area contributed by atoms with Gasteiger partial charge in [0.2, 0.25) is 0 Å². The molecule has 0 amide bonds. The zero-order chi connectivity index (χ0) is 18.2. The van der Waals surface area contributed by atoms with Crippen LogP contribution < -0.4 is 4.74 Å². The van der Waals surface area contributed by atoms with E-state index < -0.39 is 5.60 Å². The standard InChI is InChI=1S/C22H30O3/c1-15-12-19(24)17-7-10-22(4,25-20(17)13-15)11-8-18-16(14-23)6-5-9-21(18,2)3/h7,10,12-14,16,18,24H,5-6,8-9,11H2,1-4H3/t16?,18-,22-/m1/s1. The number of fused-ring (bicyclic) bond motifs is 1. The molecule has 3 heteroatoms. The zero-order valence-electron chi connectivity index (χ0n) is 15.8. The summed E-state index contributed by atoms with van der Waals surface area (Å²) in [5.74, 6) is 1.58. The van der Waals surface area contributed by atoms with Crippen LogP contribution in [0.4, 0.5) is 0 Å². The molecule has 1 heterocycles. The van der Waals surface area contributed by atoms with Crippen molar-refractivity contribution in [3.05, 3.63) is 29.3 Å². The molecule has 1 aliphatic heterocycles. The fourth-order valence-electron chi connectivity index (χ4n) is 4.65. The SMILES string of the molecule is Cc1cc(O)c2c(c1)O[C@@](C)(CC[C@@H]1C(C=O)CCCC1(C)C)C=C2. The van der Waals surface area contributed by atoms with Gasteiger partial charge in [0.05, 0.1) is 5.56 Å². The molecule has 25 heavy (non-hydrogen) atoms. The van der Waals surface area contributed by atoms with Crippen molar-refractivity contribution in [2.24, 2.45) is 17.3 Å². The Morgan fingerprint density at radius 3 is 2.80 bits per heavy atom. The van der Waals surface area contributed by atoms with Crippen LogP contribution in [0.25, 0.3) is 6.08 Å². The minimum Gasteiger partial charge on any atom is -0.507 e. The van der Waals surface area contributed by atoms with Gasteiger partial charge in [0, 0.05) is 5.92 Å². The number of benzene rings is 1. The van der Waals surface area contributed by atoms with E-state index in [-0.39, 0.29) is 17.1 Å². The molecule has 3 rings (SSSR count). The van der Waals surface area contributed by atoms with E-state index in [0.29, 0.717) is 5.92 Å². The molecule has 0 bridgehead atoms. The average molecular weight is 342 g/mol. The van der Waals surface area contributed by atoms with Gasteiger partial charge < -0.3 is 14.6 Å². The summed E-state index contributed by atoms with van der Waals surface area (Å²) in [7, 11) is 0. The van der Waals surface area contributed by atoms with Crippen molar-refractivity contribution in [2.45, 2.75) is 65.4 Å². The van der Waals surface area contributed by atoms with Gasteiger partial charge in [-0.15, -0.1) is 0 Å². The molecule has 0 saturated heterocycles. The van der Waals surface area contributed by atoms with Gasteiger partial charge in [-0.05, 0) is 80.7 Å². The van der Waals surface area contributed by atoms with E-state index in [2.05, 4.69) is 26.8 Å². The van der Waals surface area contributed by atoms with Crippen LogP contribution in [-0.4, -0.2) is 17.0 Å². The molecule has 1 aromatic carbocycles. The second-order valence-corrected chi connectivity index (χ2v) is 8.77. The largest absolute Gasteiger partial charge is 0.507 e. The van der Waals surface area contributed by atoms with Gasteiger partial charge in [-0.2, -0.15) is 0 Å². The highest BCUT2D eigenvalue weighted by molar-refractivity contribution is 5.67. The van der Waals surface area contributed by atoms with Crippen molar-refractivity contribution in [1.29, 1.82) is 0 Å². The summed E-state index contributed by atoms with van der Waals surface area (Å²) >= 11 is 0. The Morgan fingerprint density at radius 2 is 2.08 bits per heavy atom. The van der Waals surface area contributed by atoms with E-state index >= 15 is 0 Å². The maximum absolute atomic E-state index is 11.6. The number of aldehydes is 1. The number of ether oxygens (including phenoxy) is 1. The fraction of sp³-hybridized carbons (Fsp3) is 0.591. The van der Waals surface area contributed by atoms with E-state index in [9.17, 15) is 9.90 Å². The summed E-state index contributed by atoms with van der Waals surface area (Å²) in [5, 5.41) is 10.1. The third kappa shape index (κ3) is 3.61. The molecule has 0 radical (unpaired) electrons. The summed E-state index contributed by atoms with van der Waals surface area (Å²) in [5.41, 5.74) is 1.55. The smallest absolute Gasteiger partial charge is 0.131 e. The molecule has 3 nitrogen and oxygen atoms in total. The minimum atomic E-state index is -0.395. The number of rotatable bonds is 4. The van der Waals surface area contributed by atoms with Crippen molar-refractivity contribution in [3.63, 3.8) is 0 Å². The molecular formula is C22H30O3. The van der Waals surface area contributed by atoms with Gasteiger partial charge in [0.15, 0.2) is 0 Å². The summed E-state index contributed by atoms with van der Waals surface area (Å²) in [4.78, 5) is 11.6. The van der Waals surface area contributed by atoms with Gasteiger partial charge in [0.1, 0.15) is 23.4 Å². The van der Waals surface area contributed by atoms with Gasteiger partial charge in [-0.1, -0.05) is 20.3 Å². The van der Waals surface area contributed by atoms with Gasteiger partial charge in [-0.25, -0.2) is 0 Å². The first kappa shape index (κ1) is 18.0. The Hall–Kier alpha value is -1.77. The van der Waals surface area contributed by atoms with Crippen LogP contribution in [0.1, 0.15) is 64.0 Å². The Balaban J connectivity index is 1.76. The van der Waals surface area contributed by atoms with Crippen molar-refractivity contribution < 1.29 is 14.6 Å². The monoisotopic (exact) mass is 342 g/mol. The first-order chi connectivity index (χ1) is 11.7. The van der Waals surface area contributed by atoms with E-state index in [1.165, 1.54) is 12.7 Å². The number of carbonyl (C=O) groups excluding carboxylic acids is 1. The minimum absolute atomic E-state index is 0.165. The Bertz CT molecular complexity index is 689. The van der Waals surface area contributed by atoms with Crippen LogP contribution >= 0.6 is 0 Å². The lowest BCUT2D eigenvalue weighted by Gasteiger charge is -2.44. The number of aromatic hydroxyl groups is 1. The average Bonchev–Trinajstić information content (AvgIpc) is 2.52. The summed E-state index contributed by atoms with van der Waals surface area (Å²) in [6, 6.07) is 3.74. The van der Waals surface area contributed by atoms with E-state index in [4.69, 9.17) is 4.74 Å². The molecule has 1 N–H and O–H groups in total. The fourth-order valence-corrected chi connectivity index (χ4v) is 4.65. The van der Waals surface area contributed by atoms with Crippen molar-refractivity contribution in [2.75, 3.05) is 0 Å². The predicted molar refractivity (Wildman–Crippen MR) is 101 cm³/mol. The molecule has 3 atom stereocenters. The highest BCUT2D eigenvalue weighted by atomic mass is 16.5. The number of carbonyl (C=O) groups is 1. The molecular weight excluding hydrogens is 312 g/mol. The van der Waals surface area contributed by atoms with Gasteiger partial charge in [-0.3, -0.25) is 0 Å². The lowest BCUT2D eigenvalue weighted by Crippen LogP contribution is -2.39. The topological polar surface area (TPSA) is 46.5 Å². The number of phenols is 1. The van der Waals surface area contributed by atoms with Crippen LogP contribution in [0, 0.1) is 24.2 Å². The Kier molecular flexibility index (Phi) is 4.70. The van der Waals surface area contributed by atoms with E-state index in [1.807, 2.05) is 19.1 Å². The zero-order valence-corrected chi connectivity index (χ0v) is 15.8. The molecule has 1 aliphatic carbocycles. The number of hydrogen-bond acceptors (Lipinski definition) is 3. The van der Waals surface area contributed by atoms with Crippen LogP contribution in [0.3, 0.4) is 0 Å². The van der Waals surface area contributed by atoms with Crippen LogP contribution in [0.15, 0.2) is 18.2 Å². The summed E-state index contributed by atoms with van der Waals surface area (Å²) in [6.07, 6.45) is 10.4. The first-order valence-electron chi connectivity index (χ1n) is 9.41. The number of aryl methyl sites for hydroxylation is 1. The molecule has 136 valence electrons. The first-order valence-corrected chi connectivity index (χ1v) is 9.41. The maximum atomic E-state index is 11.6. The van der Waals surface area contributed by atoms with E-state index in [1.54, 1.807) is 6.07 Å². The lowest BCUT2D eigenvalue weighted by molar-refractivity contribution is -0.116. The predicted octanol–water partition coefficient (Wildman–Crippen LogP) is 5.29. The molecule has 1 aromatic rings. The summed E-state index contributed by atoms with van der Waals surface area (Å²) in [6.45, 7) is 8.64. The Morgan fingerprint density at radius 1 is 1.32 bits per heavy atom. The maximum Gasteiger partial charge on any atom is 0.131 e. The molecule has 1 fully saturated rings.